The van der Waals surface area contributed by atoms with Crippen LogP contribution in [-0.4, -0.2) is 58.5 Å². The number of aryl methyl sites for hydroxylation is 1. The molecular formula is C20H27FIN5O2S. The summed E-state index contributed by atoms with van der Waals surface area (Å²) < 4.78 is 40.1. The summed E-state index contributed by atoms with van der Waals surface area (Å²) in [4.78, 5) is 8.66. The summed E-state index contributed by atoms with van der Waals surface area (Å²) in [5.74, 6) is 0.153. The highest BCUT2D eigenvalue weighted by atomic mass is 127. The number of nitrogens with two attached hydrogens (primary N) is 1. The average molecular weight is 547 g/mol. The quantitative estimate of drug-likeness (QED) is 0.251. The molecule has 0 atom stereocenters. The van der Waals surface area contributed by atoms with Gasteiger partial charge in [0, 0.05) is 38.4 Å². The van der Waals surface area contributed by atoms with Crippen molar-refractivity contribution >= 4 is 45.6 Å². The fraction of sp³-hybridized carbons (Fsp3) is 0.350. The molecule has 3 rings (SSSR count). The Morgan fingerprint density at radius 1 is 1.07 bits per heavy atom. The molecule has 0 spiro atoms. The van der Waals surface area contributed by atoms with Gasteiger partial charge in [0.15, 0.2) is 5.96 Å². The second-order valence-electron chi connectivity index (χ2n) is 6.90. The lowest BCUT2D eigenvalue weighted by Crippen LogP contribution is -2.51. The van der Waals surface area contributed by atoms with Crippen LogP contribution in [0.15, 0.2) is 58.4 Å². The molecule has 0 aromatic heterocycles. The highest BCUT2D eigenvalue weighted by Crippen LogP contribution is 2.16. The lowest BCUT2D eigenvalue weighted by atomic mass is 10.2. The first-order valence-electron chi connectivity index (χ1n) is 9.47. The first kappa shape index (κ1) is 24.4. The SMILES string of the molecule is Cc1ccc(S(=O)(=O)NCCN=C(N)N2CCN(c3ccc(F)cc3)CC2)cc1.I. The van der Waals surface area contributed by atoms with Crippen molar-refractivity contribution in [3.05, 3.63) is 59.9 Å². The van der Waals surface area contributed by atoms with Crippen molar-refractivity contribution in [1.82, 2.24) is 9.62 Å². The second-order valence-corrected chi connectivity index (χ2v) is 8.67. The summed E-state index contributed by atoms with van der Waals surface area (Å²) in [5, 5.41) is 0. The number of piperazine rings is 1. The van der Waals surface area contributed by atoms with Crippen LogP contribution in [0.25, 0.3) is 0 Å². The maximum absolute atomic E-state index is 13.1. The Morgan fingerprint density at radius 3 is 2.27 bits per heavy atom. The molecule has 1 fully saturated rings. The molecule has 1 saturated heterocycles. The number of guanidine groups is 1. The zero-order valence-corrected chi connectivity index (χ0v) is 19.9. The summed E-state index contributed by atoms with van der Waals surface area (Å²) in [6, 6.07) is 13.1. The van der Waals surface area contributed by atoms with Crippen molar-refractivity contribution < 1.29 is 12.8 Å². The topological polar surface area (TPSA) is 91.0 Å². The van der Waals surface area contributed by atoms with Crippen molar-refractivity contribution in [2.45, 2.75) is 11.8 Å². The lowest BCUT2D eigenvalue weighted by molar-refractivity contribution is 0.381. The molecule has 1 aliphatic rings. The Balaban J connectivity index is 0.00000320. The predicted octanol–water partition coefficient (Wildman–Crippen LogP) is 2.17. The predicted molar refractivity (Wildman–Crippen MR) is 128 cm³/mol. The molecule has 1 heterocycles. The number of aliphatic imine (C=N–C) groups is 1. The normalized spacial score (nSPS) is 15.1. The van der Waals surface area contributed by atoms with Gasteiger partial charge in [-0.1, -0.05) is 17.7 Å². The van der Waals surface area contributed by atoms with E-state index in [4.69, 9.17) is 5.73 Å². The van der Waals surface area contributed by atoms with E-state index in [2.05, 4.69) is 14.6 Å². The van der Waals surface area contributed by atoms with Crippen LogP contribution in [0.5, 0.6) is 0 Å². The molecule has 0 amide bonds. The molecule has 3 N–H and O–H groups in total. The number of hydrogen-bond donors (Lipinski definition) is 2. The highest BCUT2D eigenvalue weighted by Gasteiger charge is 2.18. The number of sulfonamides is 1. The molecule has 30 heavy (non-hydrogen) atoms. The van der Waals surface area contributed by atoms with Gasteiger partial charge in [-0.05, 0) is 43.3 Å². The van der Waals surface area contributed by atoms with Crippen molar-refractivity contribution in [3.63, 3.8) is 0 Å². The Hall–Kier alpha value is -1.92. The first-order valence-corrected chi connectivity index (χ1v) is 11.0. The largest absolute Gasteiger partial charge is 0.370 e. The standard InChI is InChI=1S/C20H26FN5O2S.HI/c1-16-2-8-19(9-3-16)29(27,28)24-11-10-23-20(22)26-14-12-25(13-15-26)18-6-4-17(21)5-7-18;/h2-9,24H,10-15H2,1H3,(H2,22,23);1H. The maximum atomic E-state index is 13.1. The number of rotatable bonds is 6. The number of halogens is 2. The third-order valence-electron chi connectivity index (χ3n) is 4.80. The van der Waals surface area contributed by atoms with Gasteiger partial charge in [0.05, 0.1) is 11.4 Å². The minimum absolute atomic E-state index is 0. The Kier molecular flexibility index (Phi) is 8.86. The van der Waals surface area contributed by atoms with E-state index in [1.807, 2.05) is 11.8 Å². The van der Waals surface area contributed by atoms with Gasteiger partial charge in [-0.3, -0.25) is 4.99 Å². The number of benzene rings is 2. The van der Waals surface area contributed by atoms with Gasteiger partial charge in [-0.2, -0.15) is 0 Å². The van der Waals surface area contributed by atoms with Crippen LogP contribution in [0, 0.1) is 12.7 Å². The summed E-state index contributed by atoms with van der Waals surface area (Å²) in [6.07, 6.45) is 0. The smallest absolute Gasteiger partial charge is 0.240 e. The molecule has 1 aliphatic heterocycles. The molecule has 7 nitrogen and oxygen atoms in total. The van der Waals surface area contributed by atoms with Crippen LogP contribution in [0.1, 0.15) is 5.56 Å². The Morgan fingerprint density at radius 2 is 1.67 bits per heavy atom. The van der Waals surface area contributed by atoms with E-state index in [0.29, 0.717) is 19.0 Å². The molecule has 10 heteroatoms. The third kappa shape index (κ3) is 6.54. The first-order chi connectivity index (χ1) is 13.8. The number of nitrogens with one attached hydrogen (secondary N) is 1. The molecule has 2 aromatic rings. The molecule has 0 saturated carbocycles. The van der Waals surface area contributed by atoms with Crippen molar-refractivity contribution in [2.24, 2.45) is 10.7 Å². The van der Waals surface area contributed by atoms with Crippen LogP contribution in [0.2, 0.25) is 0 Å². The molecule has 0 bridgehead atoms. The average Bonchev–Trinajstić information content (AvgIpc) is 2.72. The molecular weight excluding hydrogens is 520 g/mol. The van der Waals surface area contributed by atoms with E-state index in [9.17, 15) is 12.8 Å². The minimum atomic E-state index is -3.55. The van der Waals surface area contributed by atoms with E-state index in [0.717, 1.165) is 24.3 Å². The molecule has 164 valence electrons. The van der Waals surface area contributed by atoms with Gasteiger partial charge < -0.3 is 15.5 Å². The summed E-state index contributed by atoms with van der Waals surface area (Å²) >= 11 is 0. The van der Waals surface area contributed by atoms with Crippen molar-refractivity contribution in [3.8, 4) is 0 Å². The number of hydrogen-bond acceptors (Lipinski definition) is 4. The number of anilines is 1. The zero-order valence-electron chi connectivity index (χ0n) is 16.8. The van der Waals surface area contributed by atoms with Gasteiger partial charge in [0.2, 0.25) is 10.0 Å². The van der Waals surface area contributed by atoms with Crippen LogP contribution < -0.4 is 15.4 Å². The van der Waals surface area contributed by atoms with Crippen molar-refractivity contribution in [1.29, 1.82) is 0 Å². The van der Waals surface area contributed by atoms with Gasteiger partial charge in [0.1, 0.15) is 5.82 Å². The van der Waals surface area contributed by atoms with Crippen LogP contribution in [0.4, 0.5) is 10.1 Å². The Bertz CT molecular complexity index is 944. The van der Waals surface area contributed by atoms with Gasteiger partial charge in [0.25, 0.3) is 0 Å². The molecule has 2 aromatic carbocycles. The third-order valence-corrected chi connectivity index (χ3v) is 6.28. The minimum Gasteiger partial charge on any atom is -0.370 e. The highest BCUT2D eigenvalue weighted by molar-refractivity contribution is 14.0. The summed E-state index contributed by atoms with van der Waals surface area (Å²) in [5.41, 5.74) is 8.04. The fourth-order valence-electron chi connectivity index (χ4n) is 3.10. The summed E-state index contributed by atoms with van der Waals surface area (Å²) in [6.45, 7) is 5.23. The molecule has 0 radical (unpaired) electrons. The van der Waals surface area contributed by atoms with E-state index in [-0.39, 0.29) is 47.8 Å². The van der Waals surface area contributed by atoms with Crippen molar-refractivity contribution in [2.75, 3.05) is 44.2 Å². The lowest BCUT2D eigenvalue weighted by Gasteiger charge is -2.36. The van der Waals surface area contributed by atoms with E-state index < -0.39 is 10.0 Å². The monoisotopic (exact) mass is 547 g/mol. The van der Waals surface area contributed by atoms with Gasteiger partial charge in [-0.25, -0.2) is 17.5 Å². The van der Waals surface area contributed by atoms with Crippen LogP contribution >= 0.6 is 24.0 Å². The van der Waals surface area contributed by atoms with E-state index in [1.54, 1.807) is 36.4 Å². The maximum Gasteiger partial charge on any atom is 0.240 e. The number of nitrogens with zero attached hydrogens (tertiary/aromatic N) is 3. The zero-order chi connectivity index (χ0) is 20.9. The fourth-order valence-corrected chi connectivity index (χ4v) is 4.12. The van der Waals surface area contributed by atoms with Crippen LogP contribution in [-0.2, 0) is 10.0 Å². The van der Waals surface area contributed by atoms with Crippen LogP contribution in [0.3, 0.4) is 0 Å². The van der Waals surface area contributed by atoms with Gasteiger partial charge >= 0.3 is 0 Å². The molecule has 0 unspecified atom stereocenters. The summed E-state index contributed by atoms with van der Waals surface area (Å²) in [7, 11) is -3.55. The Labute approximate surface area is 194 Å². The van der Waals surface area contributed by atoms with Gasteiger partial charge in [-0.15, -0.1) is 24.0 Å². The second kappa shape index (κ2) is 10.9. The van der Waals surface area contributed by atoms with E-state index >= 15 is 0 Å². The molecule has 0 aliphatic carbocycles. The van der Waals surface area contributed by atoms with E-state index in [1.165, 1.54) is 12.1 Å².